The van der Waals surface area contributed by atoms with Crippen LogP contribution in [-0.4, -0.2) is 31.8 Å². The fourth-order valence-corrected chi connectivity index (χ4v) is 4.00. The second-order valence-electron chi connectivity index (χ2n) is 9.13. The van der Waals surface area contributed by atoms with Crippen LogP contribution >= 0.6 is 0 Å². The minimum absolute atomic E-state index is 0.0842. The van der Waals surface area contributed by atoms with Crippen molar-refractivity contribution in [1.82, 2.24) is 5.32 Å². The molecule has 0 aliphatic heterocycles. The first-order valence-corrected chi connectivity index (χ1v) is 12.9. The van der Waals surface area contributed by atoms with Crippen molar-refractivity contribution >= 4 is 35.4 Å². The van der Waals surface area contributed by atoms with Gasteiger partial charge in [-0.1, -0.05) is 48.0 Å². The number of ketones is 1. The van der Waals surface area contributed by atoms with Crippen molar-refractivity contribution in [3.8, 4) is 11.5 Å². The van der Waals surface area contributed by atoms with Gasteiger partial charge in [-0.25, -0.2) is 0 Å². The Bertz CT molecular complexity index is 1610. The maximum atomic E-state index is 13.3. The summed E-state index contributed by atoms with van der Waals surface area (Å²) in [5, 5.41) is 5.53. The van der Waals surface area contributed by atoms with Gasteiger partial charge in [0.2, 0.25) is 0 Å². The van der Waals surface area contributed by atoms with Crippen LogP contribution in [0.5, 0.6) is 11.5 Å². The molecule has 0 aliphatic rings. The lowest BCUT2D eigenvalue weighted by Gasteiger charge is -2.12. The van der Waals surface area contributed by atoms with Gasteiger partial charge in [-0.2, -0.15) is 0 Å². The lowest BCUT2D eigenvalue weighted by molar-refractivity contribution is -0.113. The summed E-state index contributed by atoms with van der Waals surface area (Å²) < 4.78 is 10.6. The molecule has 4 aromatic rings. The Morgan fingerprint density at radius 1 is 0.756 bits per heavy atom. The van der Waals surface area contributed by atoms with E-state index in [4.69, 9.17) is 9.47 Å². The van der Waals surface area contributed by atoms with Gasteiger partial charge in [-0.3, -0.25) is 14.4 Å². The topological polar surface area (TPSA) is 93.7 Å². The number of ether oxygens (including phenoxy) is 2. The number of methoxy groups -OCH3 is 2. The van der Waals surface area contributed by atoms with E-state index in [0.29, 0.717) is 28.3 Å². The van der Waals surface area contributed by atoms with Crippen LogP contribution in [0.1, 0.15) is 37.4 Å². The zero-order chi connectivity index (χ0) is 29.2. The molecule has 0 spiro atoms. The van der Waals surface area contributed by atoms with Crippen molar-refractivity contribution < 1.29 is 23.9 Å². The van der Waals surface area contributed by atoms with E-state index < -0.39 is 11.8 Å². The van der Waals surface area contributed by atoms with Gasteiger partial charge < -0.3 is 20.1 Å². The molecule has 0 saturated carbocycles. The number of hydrogen-bond donors (Lipinski definition) is 2. The minimum Gasteiger partial charge on any atom is -0.497 e. The molecule has 0 unspecified atom stereocenters. The quantitative estimate of drug-likeness (QED) is 0.179. The van der Waals surface area contributed by atoms with E-state index in [1.54, 1.807) is 93.1 Å². The summed E-state index contributed by atoms with van der Waals surface area (Å²) in [4.78, 5) is 38.9. The molecular formula is C34H30N2O5. The number of rotatable bonds is 10. The molecule has 0 radical (unpaired) electrons. The fourth-order valence-electron chi connectivity index (χ4n) is 4.00. The predicted molar refractivity (Wildman–Crippen MR) is 161 cm³/mol. The average molecular weight is 547 g/mol. The molecule has 2 amide bonds. The Balaban J connectivity index is 1.49. The van der Waals surface area contributed by atoms with E-state index in [0.717, 1.165) is 16.7 Å². The van der Waals surface area contributed by atoms with Crippen LogP contribution in [0.3, 0.4) is 0 Å². The molecule has 41 heavy (non-hydrogen) atoms. The third-order valence-corrected chi connectivity index (χ3v) is 6.16. The second-order valence-corrected chi connectivity index (χ2v) is 9.13. The van der Waals surface area contributed by atoms with Gasteiger partial charge >= 0.3 is 0 Å². The van der Waals surface area contributed by atoms with Gasteiger partial charge in [0.05, 0.1) is 14.2 Å². The molecule has 2 N–H and O–H groups in total. The zero-order valence-corrected chi connectivity index (χ0v) is 23.0. The molecule has 7 nitrogen and oxygen atoms in total. The minimum atomic E-state index is -0.499. The van der Waals surface area contributed by atoms with Gasteiger partial charge in [-0.05, 0) is 79.2 Å². The monoisotopic (exact) mass is 546 g/mol. The molecule has 0 saturated heterocycles. The first kappa shape index (κ1) is 28.6. The van der Waals surface area contributed by atoms with E-state index >= 15 is 0 Å². The highest BCUT2D eigenvalue weighted by Crippen LogP contribution is 2.26. The van der Waals surface area contributed by atoms with E-state index in [9.17, 15) is 14.4 Å². The largest absolute Gasteiger partial charge is 0.497 e. The van der Waals surface area contributed by atoms with Crippen molar-refractivity contribution in [3.63, 3.8) is 0 Å². The standard InChI is InChI=1S/C34H30N2O5/c1-23-8-7-9-24(20-23)21-30(36-33(38)27-10-5-4-6-11-27)34(39)35-28-16-12-25(13-17-28)31(37)19-15-26-14-18-29(40-2)22-32(26)41-3/h4-22H,1-3H3,(H,35,39)(H,36,38)/b19-15+,30-21-. The number of allylic oxidation sites excluding steroid dienone is 1. The fraction of sp³-hybridized carbons (Fsp3) is 0.0882. The molecule has 0 heterocycles. The first-order chi connectivity index (χ1) is 19.9. The number of amides is 2. The van der Waals surface area contributed by atoms with E-state index in [2.05, 4.69) is 10.6 Å². The number of anilines is 1. The number of nitrogens with one attached hydrogen (secondary N) is 2. The van der Waals surface area contributed by atoms with Gasteiger partial charge in [-0.15, -0.1) is 0 Å². The average Bonchev–Trinajstić information content (AvgIpc) is 3.00. The zero-order valence-electron chi connectivity index (χ0n) is 23.0. The number of carbonyl (C=O) groups is 3. The molecule has 206 valence electrons. The number of hydrogen-bond acceptors (Lipinski definition) is 5. The first-order valence-electron chi connectivity index (χ1n) is 12.9. The van der Waals surface area contributed by atoms with Gasteiger partial charge in [0.1, 0.15) is 17.2 Å². The molecule has 0 aromatic heterocycles. The SMILES string of the molecule is COc1ccc(/C=C/C(=O)c2ccc(NC(=O)/C(=C/c3cccc(C)c3)NC(=O)c3ccccc3)cc2)c(OC)c1. The Morgan fingerprint density at radius 3 is 2.20 bits per heavy atom. The molecule has 4 aromatic carbocycles. The molecule has 0 fully saturated rings. The van der Waals surface area contributed by atoms with E-state index in [1.165, 1.54) is 6.08 Å². The molecule has 0 bridgehead atoms. The third kappa shape index (κ3) is 7.80. The molecule has 0 aliphatic carbocycles. The van der Waals surface area contributed by atoms with Crippen LogP contribution in [0.2, 0.25) is 0 Å². The highest BCUT2D eigenvalue weighted by molar-refractivity contribution is 6.11. The maximum absolute atomic E-state index is 13.3. The summed E-state index contributed by atoms with van der Waals surface area (Å²) in [6.45, 7) is 1.95. The predicted octanol–water partition coefficient (Wildman–Crippen LogP) is 6.32. The smallest absolute Gasteiger partial charge is 0.272 e. The van der Waals surface area contributed by atoms with E-state index in [1.807, 2.05) is 37.3 Å². The molecular weight excluding hydrogens is 516 g/mol. The second kappa shape index (κ2) is 13.6. The summed E-state index contributed by atoms with van der Waals surface area (Å²) in [7, 11) is 3.12. The Morgan fingerprint density at radius 2 is 1.51 bits per heavy atom. The summed E-state index contributed by atoms with van der Waals surface area (Å²) in [6.07, 6.45) is 4.76. The summed E-state index contributed by atoms with van der Waals surface area (Å²) in [5.74, 6) is 0.123. The van der Waals surface area contributed by atoms with Crippen molar-refractivity contribution in [1.29, 1.82) is 0 Å². The summed E-state index contributed by atoms with van der Waals surface area (Å²) in [5.41, 5.74) is 3.95. The highest BCUT2D eigenvalue weighted by Gasteiger charge is 2.15. The Kier molecular flexibility index (Phi) is 9.46. The molecule has 0 atom stereocenters. The van der Waals surface area contributed by atoms with Crippen LogP contribution in [0.4, 0.5) is 5.69 Å². The lowest BCUT2D eigenvalue weighted by atomic mass is 10.1. The van der Waals surface area contributed by atoms with E-state index in [-0.39, 0.29) is 11.5 Å². The van der Waals surface area contributed by atoms with Gasteiger partial charge in [0.25, 0.3) is 11.8 Å². The third-order valence-electron chi connectivity index (χ3n) is 6.16. The van der Waals surface area contributed by atoms with Gasteiger partial charge in [0, 0.05) is 28.4 Å². The normalized spacial score (nSPS) is 11.1. The van der Waals surface area contributed by atoms with Crippen LogP contribution in [-0.2, 0) is 4.79 Å². The molecule has 4 rings (SSSR count). The number of benzene rings is 4. The van der Waals surface area contributed by atoms with Crippen molar-refractivity contribution in [2.45, 2.75) is 6.92 Å². The van der Waals surface area contributed by atoms with Crippen molar-refractivity contribution in [3.05, 3.63) is 137 Å². The van der Waals surface area contributed by atoms with Crippen molar-refractivity contribution in [2.24, 2.45) is 0 Å². The van der Waals surface area contributed by atoms with Crippen LogP contribution < -0.4 is 20.1 Å². The van der Waals surface area contributed by atoms with Crippen LogP contribution in [0.15, 0.2) is 109 Å². The van der Waals surface area contributed by atoms with Gasteiger partial charge in [0.15, 0.2) is 5.78 Å². The maximum Gasteiger partial charge on any atom is 0.272 e. The number of aryl methyl sites for hydroxylation is 1. The Labute approximate surface area is 239 Å². The van der Waals surface area contributed by atoms with Crippen LogP contribution in [0, 0.1) is 6.92 Å². The molecule has 7 heteroatoms. The highest BCUT2D eigenvalue weighted by atomic mass is 16.5. The summed E-state index contributed by atoms with van der Waals surface area (Å²) in [6, 6.07) is 28.1. The summed E-state index contributed by atoms with van der Waals surface area (Å²) >= 11 is 0. The Hall–Kier alpha value is -5.43. The number of carbonyl (C=O) groups excluding carboxylic acids is 3. The van der Waals surface area contributed by atoms with Crippen LogP contribution in [0.25, 0.3) is 12.2 Å². The lowest BCUT2D eigenvalue weighted by Crippen LogP contribution is -2.30. The van der Waals surface area contributed by atoms with Crippen molar-refractivity contribution in [2.75, 3.05) is 19.5 Å².